The van der Waals surface area contributed by atoms with E-state index in [0.717, 1.165) is 17.8 Å². The third kappa shape index (κ3) is 2.12. The number of hydrogen-bond donors (Lipinski definition) is 0. The van der Waals surface area contributed by atoms with Crippen LogP contribution in [0.25, 0.3) is 0 Å². The van der Waals surface area contributed by atoms with Crippen LogP contribution in [-0.4, -0.2) is 0 Å². The van der Waals surface area contributed by atoms with E-state index < -0.39 is 0 Å². The van der Waals surface area contributed by atoms with Crippen LogP contribution in [0.3, 0.4) is 0 Å². The summed E-state index contributed by atoms with van der Waals surface area (Å²) in [5.41, 5.74) is 1.68. The summed E-state index contributed by atoms with van der Waals surface area (Å²) in [6, 6.07) is 0. The fourth-order valence-electron chi connectivity index (χ4n) is 2.43. The van der Waals surface area contributed by atoms with E-state index in [0.29, 0.717) is 0 Å². The zero-order valence-corrected chi connectivity index (χ0v) is 8.93. The van der Waals surface area contributed by atoms with Gasteiger partial charge in [-0.2, -0.15) is 0 Å². The Balaban J connectivity index is 2.60. The molecule has 0 fully saturated rings. The maximum Gasteiger partial charge on any atom is -0.0228 e. The summed E-state index contributed by atoms with van der Waals surface area (Å²) in [6.45, 7) is 9.35. The SMILES string of the molecule is CCC1=C[C@H](C)[C@H](C(C)C)CC1. The highest BCUT2D eigenvalue weighted by Crippen LogP contribution is 2.34. The molecule has 0 saturated heterocycles. The molecule has 70 valence electrons. The molecule has 1 aliphatic carbocycles. The molecule has 0 N–H and O–H groups in total. The Morgan fingerprint density at radius 2 is 2.17 bits per heavy atom. The van der Waals surface area contributed by atoms with Gasteiger partial charge < -0.3 is 0 Å². The molecule has 0 heterocycles. The summed E-state index contributed by atoms with van der Waals surface area (Å²) in [4.78, 5) is 0. The minimum atomic E-state index is 0.814. The number of hydrogen-bond acceptors (Lipinski definition) is 0. The van der Waals surface area contributed by atoms with Gasteiger partial charge in [0.05, 0.1) is 0 Å². The number of allylic oxidation sites excluding steroid dienone is 2. The van der Waals surface area contributed by atoms with Crippen LogP contribution in [0.5, 0.6) is 0 Å². The summed E-state index contributed by atoms with van der Waals surface area (Å²) in [6.07, 6.45) is 6.53. The first-order valence-electron chi connectivity index (χ1n) is 5.34. The molecular weight excluding hydrogens is 144 g/mol. The molecular formula is C12H22. The minimum absolute atomic E-state index is 0.814. The van der Waals surface area contributed by atoms with Gasteiger partial charge in [-0.25, -0.2) is 0 Å². The third-order valence-electron chi connectivity index (χ3n) is 3.28. The lowest BCUT2D eigenvalue weighted by Crippen LogP contribution is -2.20. The zero-order valence-electron chi connectivity index (χ0n) is 8.93. The molecule has 0 unspecified atom stereocenters. The van der Waals surface area contributed by atoms with Gasteiger partial charge in [0, 0.05) is 0 Å². The van der Waals surface area contributed by atoms with Gasteiger partial charge in [0.25, 0.3) is 0 Å². The summed E-state index contributed by atoms with van der Waals surface area (Å²) in [7, 11) is 0. The molecule has 0 bridgehead atoms. The van der Waals surface area contributed by atoms with Crippen molar-refractivity contribution in [3.63, 3.8) is 0 Å². The first-order chi connectivity index (χ1) is 5.65. The van der Waals surface area contributed by atoms with Crippen molar-refractivity contribution in [1.82, 2.24) is 0 Å². The quantitative estimate of drug-likeness (QED) is 0.543. The molecule has 0 aromatic rings. The molecule has 1 aliphatic rings. The molecule has 2 atom stereocenters. The lowest BCUT2D eigenvalue weighted by Gasteiger charge is -2.30. The second kappa shape index (κ2) is 4.11. The summed E-state index contributed by atoms with van der Waals surface area (Å²) >= 11 is 0. The second-order valence-corrected chi connectivity index (χ2v) is 4.48. The molecule has 0 saturated carbocycles. The minimum Gasteiger partial charge on any atom is -0.0822 e. The molecule has 1 rings (SSSR count). The molecule has 0 aromatic carbocycles. The van der Waals surface area contributed by atoms with Gasteiger partial charge in [0.15, 0.2) is 0 Å². The standard InChI is InChI=1S/C12H22/c1-5-11-6-7-12(9(2)3)10(4)8-11/h8-10,12H,5-7H2,1-4H3/t10-,12-/m0/s1. The largest absolute Gasteiger partial charge is 0.0822 e. The van der Waals surface area contributed by atoms with Crippen molar-refractivity contribution < 1.29 is 0 Å². The van der Waals surface area contributed by atoms with Crippen molar-refractivity contribution in [2.45, 2.75) is 47.0 Å². The lowest BCUT2D eigenvalue weighted by atomic mass is 9.75. The molecule has 0 heteroatoms. The van der Waals surface area contributed by atoms with E-state index in [1.54, 1.807) is 5.57 Å². The van der Waals surface area contributed by atoms with Crippen molar-refractivity contribution >= 4 is 0 Å². The van der Waals surface area contributed by atoms with Crippen LogP contribution < -0.4 is 0 Å². The first-order valence-corrected chi connectivity index (χ1v) is 5.34. The predicted molar refractivity (Wildman–Crippen MR) is 55.1 cm³/mol. The first kappa shape index (κ1) is 9.83. The van der Waals surface area contributed by atoms with Crippen molar-refractivity contribution in [2.24, 2.45) is 17.8 Å². The summed E-state index contributed by atoms with van der Waals surface area (Å²) in [5, 5.41) is 0. The highest BCUT2D eigenvalue weighted by atomic mass is 14.3. The lowest BCUT2D eigenvalue weighted by molar-refractivity contribution is 0.277. The van der Waals surface area contributed by atoms with E-state index in [1.165, 1.54) is 19.3 Å². The summed E-state index contributed by atoms with van der Waals surface area (Å²) < 4.78 is 0. The van der Waals surface area contributed by atoms with E-state index in [9.17, 15) is 0 Å². The van der Waals surface area contributed by atoms with Gasteiger partial charge in [-0.3, -0.25) is 0 Å². The van der Waals surface area contributed by atoms with Gasteiger partial charge in [-0.1, -0.05) is 39.3 Å². The fourth-order valence-corrected chi connectivity index (χ4v) is 2.43. The average molecular weight is 166 g/mol. The summed E-state index contributed by atoms with van der Waals surface area (Å²) in [5.74, 6) is 2.60. The molecule has 0 aromatic heterocycles. The van der Waals surface area contributed by atoms with Crippen LogP contribution in [0, 0.1) is 17.8 Å². The number of rotatable bonds is 2. The van der Waals surface area contributed by atoms with E-state index in [4.69, 9.17) is 0 Å². The van der Waals surface area contributed by atoms with Crippen molar-refractivity contribution in [3.8, 4) is 0 Å². The van der Waals surface area contributed by atoms with Crippen molar-refractivity contribution in [2.75, 3.05) is 0 Å². The maximum atomic E-state index is 2.51. The Labute approximate surface area is 77.1 Å². The third-order valence-corrected chi connectivity index (χ3v) is 3.28. The molecule has 0 amide bonds. The Bertz CT molecular complexity index is 165. The molecule has 0 nitrogen and oxygen atoms in total. The topological polar surface area (TPSA) is 0 Å². The Morgan fingerprint density at radius 3 is 2.58 bits per heavy atom. The zero-order chi connectivity index (χ0) is 9.14. The Kier molecular flexibility index (Phi) is 3.37. The van der Waals surface area contributed by atoms with Crippen LogP contribution in [0.2, 0.25) is 0 Å². The maximum absolute atomic E-state index is 2.51. The van der Waals surface area contributed by atoms with Gasteiger partial charge >= 0.3 is 0 Å². The van der Waals surface area contributed by atoms with Crippen LogP contribution in [-0.2, 0) is 0 Å². The van der Waals surface area contributed by atoms with E-state index in [2.05, 4.69) is 33.8 Å². The molecule has 0 aliphatic heterocycles. The second-order valence-electron chi connectivity index (χ2n) is 4.48. The van der Waals surface area contributed by atoms with Crippen LogP contribution in [0.15, 0.2) is 11.6 Å². The van der Waals surface area contributed by atoms with Crippen LogP contribution >= 0.6 is 0 Å². The van der Waals surface area contributed by atoms with Gasteiger partial charge in [-0.05, 0) is 37.0 Å². The smallest absolute Gasteiger partial charge is 0.0228 e. The molecule has 0 radical (unpaired) electrons. The molecule has 0 spiro atoms. The Hall–Kier alpha value is -0.260. The predicted octanol–water partition coefficient (Wildman–Crippen LogP) is 4.02. The van der Waals surface area contributed by atoms with Crippen LogP contribution in [0.4, 0.5) is 0 Å². The van der Waals surface area contributed by atoms with Gasteiger partial charge in [0.1, 0.15) is 0 Å². The highest BCUT2D eigenvalue weighted by Gasteiger charge is 2.22. The Morgan fingerprint density at radius 1 is 1.50 bits per heavy atom. The monoisotopic (exact) mass is 166 g/mol. The highest BCUT2D eigenvalue weighted by molar-refractivity contribution is 5.08. The van der Waals surface area contributed by atoms with Crippen LogP contribution in [0.1, 0.15) is 47.0 Å². The molecule has 12 heavy (non-hydrogen) atoms. The van der Waals surface area contributed by atoms with E-state index in [-0.39, 0.29) is 0 Å². The van der Waals surface area contributed by atoms with Crippen molar-refractivity contribution in [1.29, 1.82) is 0 Å². The van der Waals surface area contributed by atoms with Crippen molar-refractivity contribution in [3.05, 3.63) is 11.6 Å². The van der Waals surface area contributed by atoms with E-state index in [1.807, 2.05) is 0 Å². The fraction of sp³-hybridized carbons (Fsp3) is 0.833. The average Bonchev–Trinajstić information content (AvgIpc) is 2.03. The van der Waals surface area contributed by atoms with Gasteiger partial charge in [0.2, 0.25) is 0 Å². The van der Waals surface area contributed by atoms with Gasteiger partial charge in [-0.15, -0.1) is 0 Å². The van der Waals surface area contributed by atoms with E-state index >= 15 is 0 Å². The normalized spacial score (nSPS) is 30.6.